The molecule has 1 heterocycles. The number of aliphatic hydroxyl groups is 1. The van der Waals surface area contributed by atoms with E-state index in [-0.39, 0.29) is 0 Å². The van der Waals surface area contributed by atoms with Crippen molar-refractivity contribution in [1.29, 1.82) is 0 Å². The second-order valence-electron chi connectivity index (χ2n) is 5.39. The third-order valence-corrected chi connectivity index (χ3v) is 4.17. The Balaban J connectivity index is 1.86. The van der Waals surface area contributed by atoms with Crippen molar-refractivity contribution in [3.05, 3.63) is 11.6 Å². The van der Waals surface area contributed by atoms with Crippen molar-refractivity contribution in [1.82, 2.24) is 4.90 Å². The van der Waals surface area contributed by atoms with Gasteiger partial charge in [-0.1, -0.05) is 25.3 Å². The maximum Gasteiger partial charge on any atom is 0.0854 e. The number of nitrogens with zero attached hydrogens (tertiary/aromatic N) is 1. The van der Waals surface area contributed by atoms with Gasteiger partial charge in [0.25, 0.3) is 0 Å². The molecule has 2 aliphatic rings. The van der Waals surface area contributed by atoms with E-state index in [0.717, 1.165) is 45.7 Å². The summed E-state index contributed by atoms with van der Waals surface area (Å²) in [5.74, 6) is 0. The highest BCUT2D eigenvalue weighted by Crippen LogP contribution is 2.33. The lowest BCUT2D eigenvalue weighted by molar-refractivity contribution is 0.0353. The summed E-state index contributed by atoms with van der Waals surface area (Å²) >= 11 is 0. The lowest BCUT2D eigenvalue weighted by atomic mass is 9.80. The number of hydrogen-bond donors (Lipinski definition) is 1. The fourth-order valence-corrected chi connectivity index (χ4v) is 2.77. The van der Waals surface area contributed by atoms with Crippen LogP contribution < -0.4 is 0 Å². The predicted octanol–water partition coefficient (Wildman–Crippen LogP) is 1.96. The molecule has 1 aliphatic carbocycles. The van der Waals surface area contributed by atoms with Gasteiger partial charge in [-0.3, -0.25) is 4.90 Å². The van der Waals surface area contributed by atoms with Crippen LogP contribution in [0.5, 0.6) is 0 Å². The number of ether oxygens (including phenoxy) is 1. The molecule has 3 nitrogen and oxygen atoms in total. The van der Waals surface area contributed by atoms with Gasteiger partial charge in [-0.15, -0.1) is 0 Å². The van der Waals surface area contributed by atoms with Gasteiger partial charge in [-0.05, 0) is 25.3 Å². The molecule has 0 aromatic carbocycles. The van der Waals surface area contributed by atoms with Crippen LogP contribution in [0, 0.1) is 0 Å². The zero-order valence-corrected chi connectivity index (χ0v) is 11.0. The Morgan fingerprint density at radius 3 is 2.53 bits per heavy atom. The molecular weight excluding hydrogens is 214 g/mol. The molecule has 2 fully saturated rings. The summed E-state index contributed by atoms with van der Waals surface area (Å²) in [4.78, 5) is 2.39. The van der Waals surface area contributed by atoms with Crippen LogP contribution in [0.15, 0.2) is 11.6 Å². The molecule has 98 valence electrons. The summed E-state index contributed by atoms with van der Waals surface area (Å²) in [5.41, 5.74) is 0.661. The molecule has 0 unspecified atom stereocenters. The summed E-state index contributed by atoms with van der Waals surface area (Å²) in [6.07, 6.45) is 7.71. The zero-order valence-electron chi connectivity index (χ0n) is 11.0. The molecule has 0 aromatic rings. The van der Waals surface area contributed by atoms with Crippen LogP contribution in [0.3, 0.4) is 0 Å². The molecule has 1 aliphatic heterocycles. The fraction of sp³-hybridized carbons (Fsp3) is 0.857. The molecule has 17 heavy (non-hydrogen) atoms. The number of hydrogen-bond acceptors (Lipinski definition) is 3. The molecule has 0 aromatic heterocycles. The van der Waals surface area contributed by atoms with Gasteiger partial charge in [0.05, 0.1) is 18.8 Å². The van der Waals surface area contributed by atoms with Crippen LogP contribution in [0.2, 0.25) is 0 Å². The summed E-state index contributed by atoms with van der Waals surface area (Å²) < 4.78 is 5.33. The molecule has 0 atom stereocenters. The molecule has 1 saturated carbocycles. The van der Waals surface area contributed by atoms with Gasteiger partial charge >= 0.3 is 0 Å². The van der Waals surface area contributed by atoms with Crippen LogP contribution >= 0.6 is 0 Å². The monoisotopic (exact) mass is 239 g/mol. The van der Waals surface area contributed by atoms with E-state index in [0.29, 0.717) is 0 Å². The molecule has 0 spiro atoms. The van der Waals surface area contributed by atoms with Gasteiger partial charge in [0.1, 0.15) is 0 Å². The smallest absolute Gasteiger partial charge is 0.0854 e. The van der Waals surface area contributed by atoms with Crippen LogP contribution in [-0.2, 0) is 4.74 Å². The Hall–Kier alpha value is -0.380. The number of rotatable bonds is 3. The van der Waals surface area contributed by atoms with Crippen LogP contribution in [-0.4, -0.2) is 48.5 Å². The Morgan fingerprint density at radius 1 is 1.24 bits per heavy atom. The Bertz CT molecular complexity index is 263. The first-order valence-corrected chi connectivity index (χ1v) is 6.90. The Labute approximate surface area is 104 Å². The topological polar surface area (TPSA) is 32.7 Å². The van der Waals surface area contributed by atoms with E-state index in [1.165, 1.54) is 24.8 Å². The Kier molecular flexibility index (Phi) is 4.60. The lowest BCUT2D eigenvalue weighted by Gasteiger charge is -2.34. The maximum atomic E-state index is 10.6. The standard InChI is InChI=1S/C14H25NO2/c1-13(14(16)6-3-2-4-7-14)5-8-15-9-11-17-12-10-15/h5,16H,2-4,6-12H2,1H3/b13-5-. The number of morpholine rings is 1. The van der Waals surface area contributed by atoms with Crippen molar-refractivity contribution < 1.29 is 9.84 Å². The molecule has 1 N–H and O–H groups in total. The second kappa shape index (κ2) is 5.98. The summed E-state index contributed by atoms with van der Waals surface area (Å²) in [6.45, 7) is 6.77. The Morgan fingerprint density at radius 2 is 1.88 bits per heavy atom. The minimum absolute atomic E-state index is 0.509. The van der Waals surface area contributed by atoms with Gasteiger partial charge in [-0.25, -0.2) is 0 Å². The van der Waals surface area contributed by atoms with Gasteiger partial charge in [0, 0.05) is 19.6 Å². The van der Waals surface area contributed by atoms with Gasteiger partial charge < -0.3 is 9.84 Å². The van der Waals surface area contributed by atoms with Crippen molar-refractivity contribution in [2.45, 2.75) is 44.6 Å². The van der Waals surface area contributed by atoms with Crippen LogP contribution in [0.25, 0.3) is 0 Å². The van der Waals surface area contributed by atoms with E-state index < -0.39 is 5.60 Å². The molecule has 0 bridgehead atoms. The maximum absolute atomic E-state index is 10.6. The molecule has 3 heteroatoms. The van der Waals surface area contributed by atoms with E-state index >= 15 is 0 Å². The van der Waals surface area contributed by atoms with Crippen molar-refractivity contribution in [2.75, 3.05) is 32.8 Å². The zero-order chi connectivity index (χ0) is 12.1. The first-order chi connectivity index (χ1) is 8.21. The normalized spacial score (nSPS) is 27.1. The summed E-state index contributed by atoms with van der Waals surface area (Å²) in [7, 11) is 0. The first-order valence-electron chi connectivity index (χ1n) is 6.90. The van der Waals surface area contributed by atoms with Crippen LogP contribution in [0.1, 0.15) is 39.0 Å². The molecule has 0 radical (unpaired) electrons. The third kappa shape index (κ3) is 3.54. The third-order valence-electron chi connectivity index (χ3n) is 4.17. The lowest BCUT2D eigenvalue weighted by Crippen LogP contribution is -2.37. The summed E-state index contributed by atoms with van der Waals surface area (Å²) in [6, 6.07) is 0. The molecular formula is C14H25NO2. The minimum Gasteiger partial charge on any atom is -0.386 e. The average Bonchev–Trinajstić information content (AvgIpc) is 2.38. The van der Waals surface area contributed by atoms with Gasteiger partial charge in [0.2, 0.25) is 0 Å². The van der Waals surface area contributed by atoms with Crippen molar-refractivity contribution in [2.24, 2.45) is 0 Å². The first kappa shape index (κ1) is 13.1. The molecule has 1 saturated heterocycles. The quantitative estimate of drug-likeness (QED) is 0.764. The van der Waals surface area contributed by atoms with Gasteiger partial charge in [-0.2, -0.15) is 0 Å². The minimum atomic E-state index is -0.509. The predicted molar refractivity (Wildman–Crippen MR) is 69.1 cm³/mol. The second-order valence-corrected chi connectivity index (χ2v) is 5.39. The van der Waals surface area contributed by atoms with E-state index in [9.17, 15) is 5.11 Å². The van der Waals surface area contributed by atoms with Crippen LogP contribution in [0.4, 0.5) is 0 Å². The van der Waals surface area contributed by atoms with E-state index in [4.69, 9.17) is 4.74 Å². The molecule has 0 amide bonds. The molecule has 2 rings (SSSR count). The van der Waals surface area contributed by atoms with Crippen molar-refractivity contribution in [3.63, 3.8) is 0 Å². The van der Waals surface area contributed by atoms with E-state index in [2.05, 4.69) is 17.9 Å². The SMILES string of the molecule is C/C(=C/CN1CCOCC1)C1(O)CCCCC1. The van der Waals surface area contributed by atoms with E-state index in [1.54, 1.807) is 0 Å². The average molecular weight is 239 g/mol. The van der Waals surface area contributed by atoms with Crippen molar-refractivity contribution in [3.8, 4) is 0 Å². The highest BCUT2D eigenvalue weighted by Gasteiger charge is 2.30. The highest BCUT2D eigenvalue weighted by atomic mass is 16.5. The summed E-state index contributed by atoms with van der Waals surface area (Å²) in [5, 5.41) is 10.6. The fourth-order valence-electron chi connectivity index (χ4n) is 2.77. The van der Waals surface area contributed by atoms with Crippen molar-refractivity contribution >= 4 is 0 Å². The van der Waals surface area contributed by atoms with Gasteiger partial charge in [0.15, 0.2) is 0 Å². The van der Waals surface area contributed by atoms with E-state index in [1.807, 2.05) is 0 Å². The largest absolute Gasteiger partial charge is 0.386 e. The highest BCUT2D eigenvalue weighted by molar-refractivity contribution is 5.15.